The quantitative estimate of drug-likeness (QED) is 0.439. The molecule has 1 atom stereocenters. The second kappa shape index (κ2) is 10.3. The first kappa shape index (κ1) is 23.5. The van der Waals surface area contributed by atoms with Gasteiger partial charge in [-0.3, -0.25) is 28.8 Å². The van der Waals surface area contributed by atoms with Crippen LogP contribution in [0.2, 0.25) is 0 Å². The summed E-state index contributed by atoms with van der Waals surface area (Å²) in [4.78, 5) is 34.7. The van der Waals surface area contributed by atoms with Crippen molar-refractivity contribution < 1.29 is 41.0 Å². The summed E-state index contributed by atoms with van der Waals surface area (Å²) in [5.41, 5.74) is 0.864. The molecular formula is C18H16FNO8S2. The van der Waals surface area contributed by atoms with Crippen molar-refractivity contribution in [2.75, 3.05) is 6.61 Å². The zero-order valence-corrected chi connectivity index (χ0v) is 16.8. The summed E-state index contributed by atoms with van der Waals surface area (Å²) < 4.78 is 50.5. The lowest BCUT2D eigenvalue weighted by atomic mass is 10.1. The van der Waals surface area contributed by atoms with Crippen LogP contribution in [0.4, 0.5) is 9.18 Å². The van der Waals surface area contributed by atoms with Gasteiger partial charge in [0.2, 0.25) is 11.7 Å². The number of ketones is 1. The van der Waals surface area contributed by atoms with Crippen LogP contribution in [0.3, 0.4) is 0 Å². The third kappa shape index (κ3) is 7.91. The molecule has 0 spiro atoms. The highest BCUT2D eigenvalue weighted by molar-refractivity contribution is 8.15. The van der Waals surface area contributed by atoms with Crippen LogP contribution in [-0.2, 0) is 21.6 Å². The van der Waals surface area contributed by atoms with Crippen LogP contribution in [0.1, 0.15) is 15.9 Å². The maximum atomic E-state index is 13.5. The Hall–Kier alpha value is -2.80. The van der Waals surface area contributed by atoms with Crippen molar-refractivity contribution in [3.63, 3.8) is 0 Å². The van der Waals surface area contributed by atoms with Crippen LogP contribution in [-0.4, -0.2) is 46.3 Å². The predicted molar refractivity (Wildman–Crippen MR) is 105 cm³/mol. The van der Waals surface area contributed by atoms with Crippen molar-refractivity contribution in [3.8, 4) is 5.75 Å². The van der Waals surface area contributed by atoms with Gasteiger partial charge in [-0.05, 0) is 36.2 Å². The molecule has 2 aromatic rings. The Morgan fingerprint density at radius 1 is 1.10 bits per heavy atom. The van der Waals surface area contributed by atoms with Gasteiger partial charge in [0.15, 0.2) is 6.61 Å². The molecule has 30 heavy (non-hydrogen) atoms. The number of amides is 2. The van der Waals surface area contributed by atoms with E-state index in [0.29, 0.717) is 12.2 Å². The highest BCUT2D eigenvalue weighted by Crippen LogP contribution is 2.24. The second-order valence-corrected chi connectivity index (χ2v) is 7.94. The third-order valence-corrected chi connectivity index (χ3v) is 4.64. The van der Waals surface area contributed by atoms with Crippen molar-refractivity contribution in [3.05, 3.63) is 65.5 Å². The molecule has 2 aromatic carbocycles. The number of imide groups is 1. The van der Waals surface area contributed by atoms with Gasteiger partial charge in [-0.1, -0.05) is 36.0 Å². The second-order valence-electron chi connectivity index (χ2n) is 5.87. The number of carbonyl (C=O) groups excluding carboxylic acids is 3. The summed E-state index contributed by atoms with van der Waals surface area (Å²) in [6.07, 6.45) is 0.427. The highest BCUT2D eigenvalue weighted by atomic mass is 32.3. The number of nitrogens with one attached hydrogen (secondary N) is 1. The summed E-state index contributed by atoms with van der Waals surface area (Å²) in [7, 11) is -4.67. The Bertz CT molecular complexity index is 1030. The van der Waals surface area contributed by atoms with E-state index < -0.39 is 27.2 Å². The minimum Gasteiger partial charge on any atom is -0.485 e. The van der Waals surface area contributed by atoms with Gasteiger partial charge in [0.1, 0.15) is 11.6 Å². The van der Waals surface area contributed by atoms with Gasteiger partial charge in [0.05, 0.1) is 10.8 Å². The maximum Gasteiger partial charge on any atom is 0.394 e. The van der Waals surface area contributed by atoms with Gasteiger partial charge in [-0.25, -0.2) is 4.39 Å². The van der Waals surface area contributed by atoms with Crippen LogP contribution >= 0.6 is 11.8 Å². The van der Waals surface area contributed by atoms with E-state index in [2.05, 4.69) is 5.32 Å². The topological polar surface area (TPSA) is 147 Å². The lowest BCUT2D eigenvalue weighted by Crippen LogP contribution is -2.25. The normalized spacial score (nSPS) is 15.8. The van der Waals surface area contributed by atoms with Gasteiger partial charge >= 0.3 is 10.4 Å². The highest BCUT2D eigenvalue weighted by Gasteiger charge is 2.31. The molecule has 1 heterocycles. The summed E-state index contributed by atoms with van der Waals surface area (Å²) in [6.45, 7) is -0.268. The van der Waals surface area contributed by atoms with Gasteiger partial charge in [-0.15, -0.1) is 0 Å². The number of benzene rings is 2. The van der Waals surface area contributed by atoms with Crippen LogP contribution < -0.4 is 10.1 Å². The molecule has 160 valence electrons. The van der Waals surface area contributed by atoms with E-state index in [1.165, 1.54) is 18.2 Å². The maximum absolute atomic E-state index is 13.5. The number of thioether (sulfide) groups is 1. The third-order valence-electron chi connectivity index (χ3n) is 3.66. The standard InChI is InChI=1S/C18H14FNO4S.H2O4S/c19-14-4-2-1-3-13(14)15(21)10-24-12-7-5-11(6-8-12)9-16-17(22)20-18(23)25-16;1-5(2,3)4/h1-8,16H,9-10H2,(H,20,22,23);(H2,1,2,3,4). The van der Waals surface area contributed by atoms with E-state index in [1.54, 1.807) is 30.3 Å². The molecular weight excluding hydrogens is 441 g/mol. The average Bonchev–Trinajstić information content (AvgIpc) is 2.97. The molecule has 9 nitrogen and oxygen atoms in total. The van der Waals surface area contributed by atoms with Gasteiger partial charge in [-0.2, -0.15) is 8.42 Å². The monoisotopic (exact) mass is 457 g/mol. The minimum absolute atomic E-state index is 0.00643. The van der Waals surface area contributed by atoms with Crippen molar-refractivity contribution in [1.82, 2.24) is 5.32 Å². The van der Waals surface area contributed by atoms with Crippen LogP contribution in [0.15, 0.2) is 48.5 Å². The fourth-order valence-corrected chi connectivity index (χ4v) is 3.24. The summed E-state index contributed by atoms with van der Waals surface area (Å²) in [5.74, 6) is -0.841. The van der Waals surface area contributed by atoms with E-state index in [9.17, 15) is 18.8 Å². The number of carbonyl (C=O) groups is 3. The van der Waals surface area contributed by atoms with Crippen molar-refractivity contribution in [1.29, 1.82) is 0 Å². The zero-order chi connectivity index (χ0) is 22.3. The zero-order valence-electron chi connectivity index (χ0n) is 15.1. The molecule has 1 aliphatic rings. The summed E-state index contributed by atoms with van der Waals surface area (Å²) in [6, 6.07) is 12.6. The largest absolute Gasteiger partial charge is 0.485 e. The number of halogens is 1. The molecule has 0 bridgehead atoms. The molecule has 3 N–H and O–H groups in total. The Morgan fingerprint density at radius 2 is 1.70 bits per heavy atom. The Morgan fingerprint density at radius 3 is 2.23 bits per heavy atom. The van der Waals surface area contributed by atoms with E-state index in [0.717, 1.165) is 17.3 Å². The number of ether oxygens (including phenoxy) is 1. The molecule has 12 heteroatoms. The molecule has 2 amide bonds. The smallest absolute Gasteiger partial charge is 0.394 e. The first-order chi connectivity index (χ1) is 14.0. The van der Waals surface area contributed by atoms with E-state index in [1.807, 2.05) is 0 Å². The fraction of sp³-hybridized carbons (Fsp3) is 0.167. The molecule has 3 rings (SSSR count). The minimum atomic E-state index is -4.67. The van der Waals surface area contributed by atoms with E-state index >= 15 is 0 Å². The lowest BCUT2D eigenvalue weighted by molar-refractivity contribution is -0.118. The predicted octanol–water partition coefficient (Wildman–Crippen LogP) is 2.33. The van der Waals surface area contributed by atoms with Crippen LogP contribution in [0.25, 0.3) is 0 Å². The number of hydrogen-bond donors (Lipinski definition) is 3. The number of hydrogen-bond acceptors (Lipinski definition) is 7. The average molecular weight is 457 g/mol. The molecule has 0 aromatic heterocycles. The van der Waals surface area contributed by atoms with Crippen molar-refractivity contribution in [2.45, 2.75) is 11.7 Å². The van der Waals surface area contributed by atoms with Crippen LogP contribution in [0, 0.1) is 5.82 Å². The van der Waals surface area contributed by atoms with Crippen molar-refractivity contribution in [2.24, 2.45) is 0 Å². The molecule has 1 saturated heterocycles. The molecule has 0 radical (unpaired) electrons. The first-order valence-corrected chi connectivity index (χ1v) is 10.5. The molecule has 0 aliphatic carbocycles. The first-order valence-electron chi connectivity index (χ1n) is 8.24. The van der Waals surface area contributed by atoms with E-state index in [-0.39, 0.29) is 23.3 Å². The number of rotatable bonds is 6. The van der Waals surface area contributed by atoms with Crippen LogP contribution in [0.5, 0.6) is 5.75 Å². The fourth-order valence-electron chi connectivity index (χ4n) is 2.38. The number of Topliss-reactive ketones (excluding diaryl/α,β-unsaturated/α-hetero) is 1. The summed E-state index contributed by atoms with van der Waals surface area (Å²) in [5, 5.41) is 1.48. The van der Waals surface area contributed by atoms with Gasteiger partial charge in [0.25, 0.3) is 5.24 Å². The molecule has 1 unspecified atom stereocenters. The Kier molecular flexibility index (Phi) is 8.06. The van der Waals surface area contributed by atoms with E-state index in [4.69, 9.17) is 22.3 Å². The Balaban J connectivity index is 0.000000575. The Labute approximate surface area is 175 Å². The molecule has 0 saturated carbocycles. The van der Waals surface area contributed by atoms with Gasteiger partial charge < -0.3 is 4.74 Å². The lowest BCUT2D eigenvalue weighted by Gasteiger charge is -2.08. The summed E-state index contributed by atoms with van der Waals surface area (Å²) >= 11 is 0.975. The SMILES string of the molecule is O=C1NC(=O)C(Cc2ccc(OCC(=O)c3ccccc3F)cc2)S1.O=S(=O)(O)O. The molecule has 1 fully saturated rings. The van der Waals surface area contributed by atoms with Gasteiger partial charge in [0, 0.05) is 0 Å². The van der Waals surface area contributed by atoms with Crippen molar-refractivity contribution >= 4 is 39.1 Å². The molecule has 1 aliphatic heterocycles.